The average molecular weight is 302 g/mol. The van der Waals surface area contributed by atoms with Crippen molar-refractivity contribution in [3.05, 3.63) is 66.2 Å². The monoisotopic (exact) mass is 301 g/mol. The summed E-state index contributed by atoms with van der Waals surface area (Å²) in [5, 5.41) is 3.35. The minimum atomic E-state index is 0. The van der Waals surface area contributed by atoms with Crippen molar-refractivity contribution >= 4 is 11.5 Å². The highest BCUT2D eigenvalue weighted by Gasteiger charge is 2.12. The highest BCUT2D eigenvalue weighted by atomic mass is 35.5. The third-order valence-electron chi connectivity index (χ3n) is 3.42. The number of rotatable bonds is 5. The van der Waals surface area contributed by atoms with Crippen molar-refractivity contribution in [1.29, 1.82) is 0 Å². The van der Waals surface area contributed by atoms with E-state index in [4.69, 9.17) is 0 Å². The smallest absolute Gasteiger partial charge is 1.00 e. The molecule has 0 bridgehead atoms. The molecular formula is C17H20ClN3. The Morgan fingerprint density at radius 3 is 2.24 bits per heavy atom. The van der Waals surface area contributed by atoms with Gasteiger partial charge in [-0.25, -0.2) is 0 Å². The SMILES string of the molecule is [Cl-].[H+].c1ccc(CN(CC2=NCCN2)c2ccccc2)cc1. The molecule has 0 amide bonds. The van der Waals surface area contributed by atoms with Crippen molar-refractivity contribution in [2.45, 2.75) is 6.54 Å². The molecule has 0 radical (unpaired) electrons. The number of benzene rings is 2. The summed E-state index contributed by atoms with van der Waals surface area (Å²) in [4.78, 5) is 6.86. The van der Waals surface area contributed by atoms with Crippen LogP contribution >= 0.6 is 0 Å². The van der Waals surface area contributed by atoms with Crippen LogP contribution < -0.4 is 22.6 Å². The molecule has 3 nitrogen and oxygen atoms in total. The van der Waals surface area contributed by atoms with Gasteiger partial charge in [0.25, 0.3) is 0 Å². The van der Waals surface area contributed by atoms with Crippen molar-refractivity contribution in [2.24, 2.45) is 4.99 Å². The lowest BCUT2D eigenvalue weighted by Gasteiger charge is -2.25. The summed E-state index contributed by atoms with van der Waals surface area (Å²) in [6.07, 6.45) is 0. The number of nitrogens with one attached hydrogen (secondary N) is 1. The zero-order valence-electron chi connectivity index (χ0n) is 12.9. The first-order valence-corrected chi connectivity index (χ1v) is 7.03. The van der Waals surface area contributed by atoms with Gasteiger partial charge >= 0.3 is 1.43 Å². The van der Waals surface area contributed by atoms with Gasteiger partial charge in [0, 0.05) is 18.8 Å². The Kier molecular flexibility index (Phi) is 5.64. The molecule has 0 unspecified atom stereocenters. The Labute approximate surface area is 133 Å². The van der Waals surface area contributed by atoms with Crippen molar-refractivity contribution in [2.75, 3.05) is 24.5 Å². The summed E-state index contributed by atoms with van der Waals surface area (Å²) >= 11 is 0. The third-order valence-corrected chi connectivity index (χ3v) is 3.42. The van der Waals surface area contributed by atoms with E-state index in [0.29, 0.717) is 0 Å². The van der Waals surface area contributed by atoms with Gasteiger partial charge in [-0.1, -0.05) is 48.5 Å². The fourth-order valence-corrected chi connectivity index (χ4v) is 2.41. The second-order valence-corrected chi connectivity index (χ2v) is 4.93. The molecule has 1 N–H and O–H groups in total. The number of hydrogen-bond acceptors (Lipinski definition) is 3. The molecule has 0 aromatic heterocycles. The van der Waals surface area contributed by atoms with E-state index >= 15 is 0 Å². The first-order chi connectivity index (χ1) is 9.92. The summed E-state index contributed by atoms with van der Waals surface area (Å²) < 4.78 is 0. The third kappa shape index (κ3) is 4.23. The zero-order chi connectivity index (χ0) is 13.6. The van der Waals surface area contributed by atoms with Gasteiger partial charge in [0.2, 0.25) is 0 Å². The van der Waals surface area contributed by atoms with E-state index in [1.807, 2.05) is 0 Å². The van der Waals surface area contributed by atoms with Gasteiger partial charge in [0.1, 0.15) is 5.84 Å². The standard InChI is InChI=1S/C17H19N3.ClH/c1-3-7-15(8-4-1)13-20(14-17-18-11-12-19-17)16-9-5-2-6-10-16;/h1-10H,11-14H2,(H,18,19);1H. The largest absolute Gasteiger partial charge is 1.00 e. The normalized spacial score (nSPS) is 13.0. The van der Waals surface area contributed by atoms with Crippen LogP contribution in [-0.4, -0.2) is 25.5 Å². The molecule has 1 aliphatic rings. The van der Waals surface area contributed by atoms with Crippen LogP contribution in [0.1, 0.15) is 6.99 Å². The number of nitrogens with zero attached hydrogens (tertiary/aromatic N) is 2. The quantitative estimate of drug-likeness (QED) is 0.829. The van der Waals surface area contributed by atoms with Crippen molar-refractivity contribution in [1.82, 2.24) is 5.32 Å². The molecule has 1 heterocycles. The first-order valence-electron chi connectivity index (χ1n) is 7.03. The van der Waals surface area contributed by atoms with Crippen LogP contribution in [0.5, 0.6) is 0 Å². The number of halogens is 1. The topological polar surface area (TPSA) is 27.6 Å². The lowest BCUT2D eigenvalue weighted by molar-refractivity contribution is -0.00000410. The van der Waals surface area contributed by atoms with Gasteiger partial charge < -0.3 is 22.6 Å². The maximum absolute atomic E-state index is 4.51. The van der Waals surface area contributed by atoms with Gasteiger partial charge in [0.15, 0.2) is 0 Å². The Hall–Kier alpha value is -2.00. The highest BCUT2D eigenvalue weighted by Crippen LogP contribution is 2.16. The molecule has 0 saturated heterocycles. The minimum absolute atomic E-state index is 0. The molecule has 21 heavy (non-hydrogen) atoms. The molecule has 1 aliphatic heterocycles. The molecule has 110 valence electrons. The van der Waals surface area contributed by atoms with Crippen LogP contribution in [0.15, 0.2) is 65.7 Å². The number of aliphatic imine (C=N–C) groups is 1. The van der Waals surface area contributed by atoms with E-state index in [2.05, 4.69) is 75.9 Å². The number of para-hydroxylation sites is 1. The van der Waals surface area contributed by atoms with Crippen LogP contribution in [0.25, 0.3) is 0 Å². The molecule has 4 heteroatoms. The maximum Gasteiger partial charge on any atom is 1.00 e. The first kappa shape index (κ1) is 15.4. The van der Waals surface area contributed by atoms with E-state index in [9.17, 15) is 0 Å². The number of amidine groups is 1. The van der Waals surface area contributed by atoms with Crippen molar-refractivity contribution in [3.8, 4) is 0 Å². The van der Waals surface area contributed by atoms with Crippen molar-refractivity contribution < 1.29 is 13.8 Å². The summed E-state index contributed by atoms with van der Waals surface area (Å²) in [6, 6.07) is 21.1. The Morgan fingerprint density at radius 1 is 0.952 bits per heavy atom. The van der Waals surface area contributed by atoms with Gasteiger partial charge in [-0.3, -0.25) is 4.99 Å². The van der Waals surface area contributed by atoms with Crippen LogP contribution in [0.3, 0.4) is 0 Å². The summed E-state index contributed by atoms with van der Waals surface area (Å²) in [7, 11) is 0. The Bertz CT molecular complexity index is 575. The molecular weight excluding hydrogens is 282 g/mol. The maximum atomic E-state index is 4.51. The van der Waals surface area contributed by atoms with E-state index in [1.54, 1.807) is 0 Å². The molecule has 0 fully saturated rings. The van der Waals surface area contributed by atoms with E-state index in [-0.39, 0.29) is 13.8 Å². The van der Waals surface area contributed by atoms with Gasteiger partial charge in [-0.05, 0) is 17.7 Å². The summed E-state index contributed by atoms with van der Waals surface area (Å²) in [5.74, 6) is 1.09. The van der Waals surface area contributed by atoms with E-state index < -0.39 is 0 Å². The lowest BCUT2D eigenvalue weighted by Crippen LogP contribution is -3.00. The number of anilines is 1. The highest BCUT2D eigenvalue weighted by molar-refractivity contribution is 5.88. The predicted octanol–water partition coefficient (Wildman–Crippen LogP) is -0.189. The molecule has 0 aliphatic carbocycles. The fourth-order valence-electron chi connectivity index (χ4n) is 2.41. The predicted molar refractivity (Wildman–Crippen MR) is 85.4 cm³/mol. The fraction of sp³-hybridized carbons (Fsp3) is 0.235. The Balaban J connectivity index is 0.00000121. The second kappa shape index (κ2) is 7.70. The van der Waals surface area contributed by atoms with Crippen LogP contribution in [0, 0.1) is 0 Å². The molecule has 0 atom stereocenters. The van der Waals surface area contributed by atoms with Crippen LogP contribution in [0.4, 0.5) is 5.69 Å². The molecule has 2 aromatic rings. The average Bonchev–Trinajstić information content (AvgIpc) is 3.02. The van der Waals surface area contributed by atoms with Gasteiger partial charge in [0.05, 0.1) is 13.1 Å². The van der Waals surface area contributed by atoms with Crippen LogP contribution in [0.2, 0.25) is 0 Å². The number of hydrogen-bond donors (Lipinski definition) is 1. The lowest BCUT2D eigenvalue weighted by atomic mass is 10.2. The molecule has 0 spiro atoms. The van der Waals surface area contributed by atoms with E-state index in [0.717, 1.165) is 32.0 Å². The molecule has 0 saturated carbocycles. The molecule has 3 rings (SSSR count). The summed E-state index contributed by atoms with van der Waals surface area (Å²) in [6.45, 7) is 3.58. The molecule has 2 aromatic carbocycles. The van der Waals surface area contributed by atoms with Crippen molar-refractivity contribution in [3.63, 3.8) is 0 Å². The Morgan fingerprint density at radius 2 is 1.62 bits per heavy atom. The second-order valence-electron chi connectivity index (χ2n) is 4.93. The van der Waals surface area contributed by atoms with Crippen LogP contribution in [-0.2, 0) is 6.54 Å². The van der Waals surface area contributed by atoms with E-state index in [1.165, 1.54) is 11.3 Å². The summed E-state index contributed by atoms with van der Waals surface area (Å²) in [5.41, 5.74) is 2.54. The zero-order valence-corrected chi connectivity index (χ0v) is 12.6. The minimum Gasteiger partial charge on any atom is -1.00 e. The van der Waals surface area contributed by atoms with Gasteiger partial charge in [-0.2, -0.15) is 0 Å². The van der Waals surface area contributed by atoms with Gasteiger partial charge in [-0.15, -0.1) is 0 Å².